The summed E-state index contributed by atoms with van der Waals surface area (Å²) in [6, 6.07) is 7.95. The zero-order valence-electron chi connectivity index (χ0n) is 11.9. The van der Waals surface area contributed by atoms with Crippen LogP contribution in [-0.2, 0) is 10.2 Å². The van der Waals surface area contributed by atoms with Crippen LogP contribution in [0, 0.1) is 0 Å². The molecule has 100 valence electrons. The van der Waals surface area contributed by atoms with Crippen molar-refractivity contribution in [1.82, 2.24) is 0 Å². The zero-order valence-corrected chi connectivity index (χ0v) is 11.9. The summed E-state index contributed by atoms with van der Waals surface area (Å²) in [5.41, 5.74) is 2.63. The molecule has 0 bridgehead atoms. The first kappa shape index (κ1) is 13.6. The van der Waals surface area contributed by atoms with Crippen molar-refractivity contribution in [1.29, 1.82) is 0 Å². The Kier molecular flexibility index (Phi) is 3.89. The molecular formula is C17H21NO. The summed E-state index contributed by atoms with van der Waals surface area (Å²) < 4.78 is 0. The van der Waals surface area contributed by atoms with E-state index < -0.39 is 5.41 Å². The van der Waals surface area contributed by atoms with Crippen LogP contribution < -0.4 is 5.32 Å². The normalized spacial score (nSPS) is 23.9. The number of carbonyl (C=O) groups is 1. The van der Waals surface area contributed by atoms with Crippen LogP contribution in [0.3, 0.4) is 0 Å². The molecule has 1 aromatic rings. The Morgan fingerprint density at radius 3 is 2.58 bits per heavy atom. The van der Waals surface area contributed by atoms with Crippen molar-refractivity contribution in [2.75, 3.05) is 5.32 Å². The molecule has 0 aromatic heterocycles. The van der Waals surface area contributed by atoms with Crippen molar-refractivity contribution < 1.29 is 4.79 Å². The third-order valence-corrected chi connectivity index (χ3v) is 3.74. The molecule has 1 heterocycles. The average Bonchev–Trinajstić information content (AvgIpc) is 2.75. The van der Waals surface area contributed by atoms with Crippen LogP contribution >= 0.6 is 0 Å². The Morgan fingerprint density at radius 1 is 1.16 bits per heavy atom. The second-order valence-corrected chi connectivity index (χ2v) is 4.76. The van der Waals surface area contributed by atoms with E-state index in [0.717, 1.165) is 29.7 Å². The summed E-state index contributed by atoms with van der Waals surface area (Å²) in [5.74, 6) is 0.0801. The minimum absolute atomic E-state index is 0.0801. The highest BCUT2D eigenvalue weighted by atomic mass is 16.2. The van der Waals surface area contributed by atoms with Crippen LogP contribution in [0.25, 0.3) is 0 Å². The number of nitrogens with one attached hydrogen (secondary N) is 1. The summed E-state index contributed by atoms with van der Waals surface area (Å²) in [6.45, 7) is 6.01. The number of hydrogen-bond acceptors (Lipinski definition) is 1. The molecule has 1 N–H and O–H groups in total. The summed E-state index contributed by atoms with van der Waals surface area (Å²) in [7, 11) is 0. The lowest BCUT2D eigenvalue weighted by atomic mass is 9.75. The number of allylic oxidation sites excluding steroid dienone is 3. The second kappa shape index (κ2) is 5.43. The molecule has 2 aliphatic rings. The Labute approximate surface area is 115 Å². The van der Waals surface area contributed by atoms with Gasteiger partial charge >= 0.3 is 0 Å². The van der Waals surface area contributed by atoms with E-state index in [1.807, 2.05) is 45.0 Å². The van der Waals surface area contributed by atoms with Crippen LogP contribution in [0.1, 0.15) is 39.2 Å². The first-order valence-corrected chi connectivity index (χ1v) is 7.01. The van der Waals surface area contributed by atoms with E-state index in [1.54, 1.807) is 0 Å². The molecule has 2 heteroatoms. The van der Waals surface area contributed by atoms with Gasteiger partial charge in [0.25, 0.3) is 0 Å². The molecule has 0 radical (unpaired) electrons. The van der Waals surface area contributed by atoms with Crippen molar-refractivity contribution >= 4 is 11.6 Å². The number of rotatable bonds is 1. The van der Waals surface area contributed by atoms with Gasteiger partial charge < -0.3 is 5.32 Å². The number of amides is 1. The fraction of sp³-hybridized carbons (Fsp3) is 0.353. The highest BCUT2D eigenvalue weighted by Crippen LogP contribution is 2.43. The van der Waals surface area contributed by atoms with Gasteiger partial charge in [-0.15, -0.1) is 0 Å². The van der Waals surface area contributed by atoms with Gasteiger partial charge in [-0.2, -0.15) is 0 Å². The topological polar surface area (TPSA) is 29.1 Å². The molecule has 3 rings (SSSR count). The second-order valence-electron chi connectivity index (χ2n) is 4.76. The van der Waals surface area contributed by atoms with E-state index in [0.29, 0.717) is 0 Å². The van der Waals surface area contributed by atoms with Crippen molar-refractivity contribution in [2.45, 2.75) is 39.0 Å². The quantitative estimate of drug-likeness (QED) is 0.800. The van der Waals surface area contributed by atoms with Gasteiger partial charge in [-0.1, -0.05) is 50.3 Å². The van der Waals surface area contributed by atoms with Crippen LogP contribution in [0.5, 0.6) is 0 Å². The molecule has 19 heavy (non-hydrogen) atoms. The zero-order chi connectivity index (χ0) is 13.9. The van der Waals surface area contributed by atoms with Gasteiger partial charge in [-0.3, -0.25) is 4.79 Å². The summed E-state index contributed by atoms with van der Waals surface area (Å²) >= 11 is 0. The average molecular weight is 255 g/mol. The molecule has 1 aliphatic carbocycles. The molecule has 0 spiro atoms. The third kappa shape index (κ3) is 2.12. The summed E-state index contributed by atoms with van der Waals surface area (Å²) in [6.07, 6.45) is 8.52. The van der Waals surface area contributed by atoms with Gasteiger partial charge in [0.05, 0.1) is 5.41 Å². The molecular weight excluding hydrogens is 234 g/mol. The molecule has 1 amide bonds. The Morgan fingerprint density at radius 2 is 1.89 bits per heavy atom. The molecule has 1 atom stereocenters. The maximum Gasteiger partial charge on any atom is 0.239 e. The molecule has 0 saturated heterocycles. The predicted molar refractivity (Wildman–Crippen MR) is 80.2 cm³/mol. The van der Waals surface area contributed by atoms with Gasteiger partial charge in [-0.25, -0.2) is 0 Å². The lowest BCUT2D eigenvalue weighted by molar-refractivity contribution is -0.119. The van der Waals surface area contributed by atoms with Crippen molar-refractivity contribution in [3.05, 3.63) is 53.6 Å². The number of anilines is 1. The maximum absolute atomic E-state index is 12.3. The highest BCUT2D eigenvalue weighted by molar-refractivity contribution is 6.08. The van der Waals surface area contributed by atoms with E-state index >= 15 is 0 Å². The fourth-order valence-corrected chi connectivity index (χ4v) is 2.67. The Balaban J connectivity index is 0.000000637. The van der Waals surface area contributed by atoms with Gasteiger partial charge in [0.15, 0.2) is 0 Å². The molecule has 1 unspecified atom stereocenters. The SMILES string of the molecule is CC.CC1(C2=CCCC=C2)C(=O)Nc2ccccc21. The monoisotopic (exact) mass is 255 g/mol. The number of para-hydroxylation sites is 1. The van der Waals surface area contributed by atoms with E-state index in [2.05, 4.69) is 23.5 Å². The first-order chi connectivity index (χ1) is 9.23. The van der Waals surface area contributed by atoms with Gasteiger partial charge in [0, 0.05) is 5.69 Å². The van der Waals surface area contributed by atoms with Crippen LogP contribution in [0.15, 0.2) is 48.1 Å². The van der Waals surface area contributed by atoms with Gasteiger partial charge in [-0.05, 0) is 37.0 Å². The van der Waals surface area contributed by atoms with Crippen LogP contribution in [-0.4, -0.2) is 5.91 Å². The standard InChI is InChI=1S/C15H15NO.C2H6/c1-15(11-7-3-2-4-8-11)12-9-5-6-10-13(12)16-14(15)17;1-2/h3,5-10H,2,4H2,1H3,(H,16,17);1-2H3. The van der Waals surface area contributed by atoms with Crippen LogP contribution in [0.2, 0.25) is 0 Å². The van der Waals surface area contributed by atoms with Crippen molar-refractivity contribution in [3.8, 4) is 0 Å². The molecule has 2 nitrogen and oxygen atoms in total. The molecule has 1 aromatic carbocycles. The molecule has 0 fully saturated rings. The van der Waals surface area contributed by atoms with E-state index in [9.17, 15) is 4.79 Å². The number of carbonyl (C=O) groups excluding carboxylic acids is 1. The molecule has 1 aliphatic heterocycles. The lowest BCUT2D eigenvalue weighted by Crippen LogP contribution is -2.33. The predicted octanol–water partition coefficient (Wildman–Crippen LogP) is 4.20. The van der Waals surface area contributed by atoms with E-state index in [4.69, 9.17) is 0 Å². The minimum Gasteiger partial charge on any atom is -0.325 e. The number of fused-ring (bicyclic) bond motifs is 1. The number of hydrogen-bond donors (Lipinski definition) is 1. The van der Waals surface area contributed by atoms with Crippen LogP contribution in [0.4, 0.5) is 5.69 Å². The van der Waals surface area contributed by atoms with Crippen molar-refractivity contribution in [2.24, 2.45) is 0 Å². The Bertz CT molecular complexity index is 542. The number of benzene rings is 1. The van der Waals surface area contributed by atoms with Gasteiger partial charge in [0.1, 0.15) is 0 Å². The maximum atomic E-state index is 12.3. The van der Waals surface area contributed by atoms with E-state index in [-0.39, 0.29) is 5.91 Å². The highest BCUT2D eigenvalue weighted by Gasteiger charge is 2.44. The largest absolute Gasteiger partial charge is 0.325 e. The lowest BCUT2D eigenvalue weighted by Gasteiger charge is -2.25. The minimum atomic E-state index is -0.520. The summed E-state index contributed by atoms with van der Waals surface area (Å²) in [4.78, 5) is 12.3. The first-order valence-electron chi connectivity index (χ1n) is 7.01. The fourth-order valence-electron chi connectivity index (χ4n) is 2.67. The van der Waals surface area contributed by atoms with Crippen molar-refractivity contribution in [3.63, 3.8) is 0 Å². The third-order valence-electron chi connectivity index (χ3n) is 3.74. The Hall–Kier alpha value is -1.83. The smallest absolute Gasteiger partial charge is 0.239 e. The van der Waals surface area contributed by atoms with Gasteiger partial charge in [0.2, 0.25) is 5.91 Å². The summed E-state index contributed by atoms with van der Waals surface area (Å²) in [5, 5.41) is 2.97. The van der Waals surface area contributed by atoms with E-state index in [1.165, 1.54) is 0 Å². The molecule has 0 saturated carbocycles.